The van der Waals surface area contributed by atoms with E-state index in [0.717, 1.165) is 67.5 Å². The van der Waals surface area contributed by atoms with Gasteiger partial charge in [-0.3, -0.25) is 0 Å². The van der Waals surface area contributed by atoms with Crippen LogP contribution in [0, 0.1) is 52.3 Å². The predicted molar refractivity (Wildman–Crippen MR) is 105 cm³/mol. The Morgan fingerprint density at radius 2 is 1.62 bits per heavy atom. The maximum Gasteiger partial charge on any atom is 0.0543 e. The van der Waals surface area contributed by atoms with Gasteiger partial charge in [0.1, 0.15) is 0 Å². The second kappa shape index (κ2) is 6.21. The summed E-state index contributed by atoms with van der Waals surface area (Å²) in [6, 6.07) is 0. The molecule has 5 aliphatic rings. The molecule has 5 fully saturated rings. The predicted octanol–water partition coefficient (Wildman–Crippen LogP) is 5.29. The first-order valence-electron chi connectivity index (χ1n) is 11.7. The minimum atomic E-state index is -0.0140. The zero-order valence-corrected chi connectivity index (χ0v) is 17.3. The van der Waals surface area contributed by atoms with Gasteiger partial charge in [0, 0.05) is 5.92 Å². The monoisotopic (exact) mass is 360 g/mol. The molecule has 5 rings (SSSR count). The molecular formula is C24H40O2. The summed E-state index contributed by atoms with van der Waals surface area (Å²) < 4.78 is 5.53. The Hall–Kier alpha value is -0.0800. The highest BCUT2D eigenvalue weighted by Crippen LogP contribution is 2.68. The first-order chi connectivity index (χ1) is 12.4. The quantitative estimate of drug-likeness (QED) is 0.725. The molecule has 0 spiro atoms. The minimum Gasteiger partial charge on any atom is -0.393 e. The van der Waals surface area contributed by atoms with Crippen molar-refractivity contribution in [3.63, 3.8) is 0 Å². The number of aliphatic hydroxyl groups excluding tert-OH is 1. The van der Waals surface area contributed by atoms with E-state index in [0.29, 0.717) is 10.8 Å². The van der Waals surface area contributed by atoms with Crippen molar-refractivity contribution in [2.75, 3.05) is 13.2 Å². The Morgan fingerprint density at radius 1 is 0.885 bits per heavy atom. The van der Waals surface area contributed by atoms with Crippen molar-refractivity contribution in [3.05, 3.63) is 0 Å². The highest BCUT2D eigenvalue weighted by Gasteiger charge is 2.61. The Morgan fingerprint density at radius 3 is 2.35 bits per heavy atom. The van der Waals surface area contributed by atoms with Crippen LogP contribution in [0.15, 0.2) is 0 Å². The fourth-order valence-corrected chi connectivity index (χ4v) is 9.03. The highest BCUT2D eigenvalue weighted by atomic mass is 16.5. The lowest BCUT2D eigenvalue weighted by atomic mass is 9.44. The third-order valence-electron chi connectivity index (χ3n) is 10.8. The molecule has 0 radical (unpaired) electrons. The smallest absolute Gasteiger partial charge is 0.0543 e. The van der Waals surface area contributed by atoms with Crippen LogP contribution in [0.3, 0.4) is 0 Å². The van der Waals surface area contributed by atoms with Crippen molar-refractivity contribution < 1.29 is 9.84 Å². The zero-order valence-electron chi connectivity index (χ0n) is 17.3. The minimum absolute atomic E-state index is 0.0140. The Balaban J connectivity index is 1.38. The summed E-state index contributed by atoms with van der Waals surface area (Å²) in [6.07, 6.45) is 12.1. The van der Waals surface area contributed by atoms with E-state index in [4.69, 9.17) is 4.74 Å². The van der Waals surface area contributed by atoms with E-state index in [1.165, 1.54) is 44.9 Å². The van der Waals surface area contributed by atoms with Crippen LogP contribution < -0.4 is 0 Å². The van der Waals surface area contributed by atoms with Crippen molar-refractivity contribution in [2.45, 2.75) is 84.7 Å². The first kappa shape index (κ1) is 18.0. The van der Waals surface area contributed by atoms with E-state index >= 15 is 0 Å². The average Bonchev–Trinajstić information content (AvgIpc) is 2.91. The largest absolute Gasteiger partial charge is 0.393 e. The third-order valence-corrected chi connectivity index (χ3v) is 10.8. The molecule has 0 aromatic carbocycles. The standard InChI is InChI=1S/C24H40O2/c1-15(16-13-26-14-16)20-6-7-21-19-5-4-17-12-18(25)8-10-23(17,2)22(19)9-11-24(20,21)3/h15-22,25H,4-14H2,1-3H3/t15-,17-,18-,19?,20-,21?,22?,23+,24-/m1/s1. The summed E-state index contributed by atoms with van der Waals surface area (Å²) in [6.45, 7) is 9.88. The van der Waals surface area contributed by atoms with Crippen LogP contribution in [0.2, 0.25) is 0 Å². The van der Waals surface area contributed by atoms with Gasteiger partial charge in [-0.1, -0.05) is 20.8 Å². The third kappa shape index (κ3) is 2.43. The van der Waals surface area contributed by atoms with Gasteiger partial charge in [-0.25, -0.2) is 0 Å². The summed E-state index contributed by atoms with van der Waals surface area (Å²) in [7, 11) is 0. The van der Waals surface area contributed by atoms with Gasteiger partial charge in [-0.2, -0.15) is 0 Å². The molecular weight excluding hydrogens is 320 g/mol. The molecule has 1 N–H and O–H groups in total. The SMILES string of the molecule is C[C@H](C1COC1)[C@H]1CCC2C3CC[C@@H]4C[C@H](O)CC[C@]4(C)C3CC[C@@]21C. The van der Waals surface area contributed by atoms with Gasteiger partial charge in [0.15, 0.2) is 0 Å². The maximum absolute atomic E-state index is 10.2. The van der Waals surface area contributed by atoms with Crippen molar-refractivity contribution >= 4 is 0 Å². The van der Waals surface area contributed by atoms with E-state index in [2.05, 4.69) is 20.8 Å². The van der Waals surface area contributed by atoms with Crippen LogP contribution in [0.5, 0.6) is 0 Å². The van der Waals surface area contributed by atoms with Gasteiger partial charge in [-0.15, -0.1) is 0 Å². The van der Waals surface area contributed by atoms with Crippen LogP contribution in [-0.4, -0.2) is 24.4 Å². The molecule has 3 unspecified atom stereocenters. The van der Waals surface area contributed by atoms with Crippen molar-refractivity contribution in [2.24, 2.45) is 52.3 Å². The Bertz CT molecular complexity index is 542. The second-order valence-corrected chi connectivity index (χ2v) is 11.5. The molecule has 148 valence electrons. The molecule has 0 bridgehead atoms. The number of rotatable bonds is 2. The van der Waals surface area contributed by atoms with E-state index in [-0.39, 0.29) is 6.10 Å². The molecule has 0 aromatic rings. The summed E-state index contributed by atoms with van der Waals surface area (Å²) in [5.74, 6) is 6.29. The fraction of sp³-hybridized carbons (Fsp3) is 1.00. The van der Waals surface area contributed by atoms with Gasteiger partial charge in [0.05, 0.1) is 19.3 Å². The average molecular weight is 361 g/mol. The van der Waals surface area contributed by atoms with Crippen LogP contribution in [-0.2, 0) is 4.74 Å². The summed E-state index contributed by atoms with van der Waals surface area (Å²) in [4.78, 5) is 0. The lowest BCUT2D eigenvalue weighted by molar-refractivity contribution is -0.137. The van der Waals surface area contributed by atoms with Gasteiger partial charge in [0.2, 0.25) is 0 Å². The molecule has 9 atom stereocenters. The van der Waals surface area contributed by atoms with Crippen molar-refractivity contribution in [3.8, 4) is 0 Å². The Kier molecular flexibility index (Phi) is 4.29. The zero-order chi connectivity index (χ0) is 18.1. The second-order valence-electron chi connectivity index (χ2n) is 11.5. The molecule has 26 heavy (non-hydrogen) atoms. The van der Waals surface area contributed by atoms with Gasteiger partial charge in [-0.05, 0) is 104 Å². The number of hydrogen-bond donors (Lipinski definition) is 1. The Labute approximate surface area is 160 Å². The van der Waals surface area contributed by atoms with E-state index < -0.39 is 0 Å². The molecule has 4 saturated carbocycles. The summed E-state index contributed by atoms with van der Waals surface area (Å²) >= 11 is 0. The highest BCUT2D eigenvalue weighted by molar-refractivity contribution is 5.10. The number of ether oxygens (including phenoxy) is 1. The van der Waals surface area contributed by atoms with Crippen LogP contribution in [0.25, 0.3) is 0 Å². The normalized spacial score (nSPS) is 55.4. The molecule has 0 aromatic heterocycles. The van der Waals surface area contributed by atoms with Crippen LogP contribution in [0.4, 0.5) is 0 Å². The van der Waals surface area contributed by atoms with Crippen LogP contribution in [0.1, 0.15) is 78.6 Å². The molecule has 0 amide bonds. The van der Waals surface area contributed by atoms with E-state index in [1.807, 2.05) is 0 Å². The maximum atomic E-state index is 10.2. The number of hydrogen-bond acceptors (Lipinski definition) is 2. The van der Waals surface area contributed by atoms with Gasteiger partial charge >= 0.3 is 0 Å². The first-order valence-corrected chi connectivity index (χ1v) is 11.7. The molecule has 1 heterocycles. The molecule has 4 aliphatic carbocycles. The molecule has 2 heteroatoms. The number of aliphatic hydroxyl groups is 1. The topological polar surface area (TPSA) is 29.5 Å². The van der Waals surface area contributed by atoms with E-state index in [9.17, 15) is 5.11 Å². The molecule has 2 nitrogen and oxygen atoms in total. The van der Waals surface area contributed by atoms with Crippen molar-refractivity contribution in [1.82, 2.24) is 0 Å². The lowest BCUT2D eigenvalue weighted by Crippen LogP contribution is -2.54. The van der Waals surface area contributed by atoms with Gasteiger partial charge < -0.3 is 9.84 Å². The summed E-state index contributed by atoms with van der Waals surface area (Å²) in [5, 5.41) is 10.2. The molecule has 1 saturated heterocycles. The lowest BCUT2D eigenvalue weighted by Gasteiger charge is -2.61. The fourth-order valence-electron chi connectivity index (χ4n) is 9.03. The van der Waals surface area contributed by atoms with Gasteiger partial charge in [0.25, 0.3) is 0 Å². The van der Waals surface area contributed by atoms with Crippen LogP contribution >= 0.6 is 0 Å². The van der Waals surface area contributed by atoms with E-state index in [1.54, 1.807) is 0 Å². The number of fused-ring (bicyclic) bond motifs is 5. The summed E-state index contributed by atoms with van der Waals surface area (Å²) in [5.41, 5.74) is 1.11. The van der Waals surface area contributed by atoms with Crippen molar-refractivity contribution in [1.29, 1.82) is 0 Å². The molecule has 1 aliphatic heterocycles.